The Morgan fingerprint density at radius 2 is 1.81 bits per heavy atom. The van der Waals surface area contributed by atoms with Crippen LogP contribution < -0.4 is 9.46 Å². The fourth-order valence-electron chi connectivity index (χ4n) is 2.54. The Balaban J connectivity index is 1.83. The number of nitrogens with one attached hydrogen (secondary N) is 1. The van der Waals surface area contributed by atoms with Crippen LogP contribution in [0.4, 0.5) is 0 Å². The summed E-state index contributed by atoms with van der Waals surface area (Å²) in [6, 6.07) is 14.2. The molecule has 1 aromatic heterocycles. The minimum atomic E-state index is -3.67. The average Bonchev–Trinajstić information content (AvgIpc) is 3.07. The number of aryl methyl sites for hydroxylation is 2. The van der Waals surface area contributed by atoms with E-state index in [9.17, 15) is 8.42 Å². The van der Waals surface area contributed by atoms with E-state index >= 15 is 0 Å². The van der Waals surface area contributed by atoms with Crippen molar-refractivity contribution in [3.63, 3.8) is 0 Å². The quantitative estimate of drug-likeness (QED) is 0.717. The van der Waals surface area contributed by atoms with Crippen LogP contribution in [0.3, 0.4) is 0 Å². The molecular formula is C19H20N2O4S. The Bertz CT molecular complexity index is 1010. The van der Waals surface area contributed by atoms with Gasteiger partial charge in [0.2, 0.25) is 10.0 Å². The van der Waals surface area contributed by atoms with E-state index in [1.807, 2.05) is 25.1 Å². The van der Waals surface area contributed by atoms with Crippen molar-refractivity contribution >= 4 is 10.0 Å². The van der Waals surface area contributed by atoms with Crippen LogP contribution in [0.15, 0.2) is 57.9 Å². The molecule has 0 unspecified atom stereocenters. The molecule has 0 saturated carbocycles. The van der Waals surface area contributed by atoms with Crippen LogP contribution in [0, 0.1) is 13.8 Å². The summed E-state index contributed by atoms with van der Waals surface area (Å²) in [5, 5.41) is 3.85. The van der Waals surface area contributed by atoms with Gasteiger partial charge in [-0.2, -0.15) is 0 Å². The first-order valence-electron chi connectivity index (χ1n) is 8.06. The first-order chi connectivity index (χ1) is 12.4. The van der Waals surface area contributed by atoms with Crippen molar-refractivity contribution in [3.8, 4) is 17.1 Å². The molecule has 0 fully saturated rings. The highest BCUT2D eigenvalue weighted by Gasteiger charge is 2.18. The van der Waals surface area contributed by atoms with E-state index in [0.29, 0.717) is 16.9 Å². The lowest BCUT2D eigenvalue weighted by molar-refractivity contribution is 0.414. The topological polar surface area (TPSA) is 81.4 Å². The SMILES string of the molecule is COc1ccc(CNS(=O)(=O)c2cc(-c3cc(C)no3)ccc2C)cc1. The van der Waals surface area contributed by atoms with E-state index in [2.05, 4.69) is 9.88 Å². The van der Waals surface area contributed by atoms with E-state index in [1.54, 1.807) is 44.4 Å². The van der Waals surface area contributed by atoms with Crippen LogP contribution in [0.25, 0.3) is 11.3 Å². The van der Waals surface area contributed by atoms with Gasteiger partial charge in [-0.3, -0.25) is 0 Å². The molecule has 0 radical (unpaired) electrons. The van der Waals surface area contributed by atoms with E-state index in [0.717, 1.165) is 17.0 Å². The van der Waals surface area contributed by atoms with Gasteiger partial charge < -0.3 is 9.26 Å². The lowest BCUT2D eigenvalue weighted by atomic mass is 10.1. The number of benzene rings is 2. The second-order valence-electron chi connectivity index (χ2n) is 5.99. The number of methoxy groups -OCH3 is 1. The zero-order valence-electron chi connectivity index (χ0n) is 14.8. The molecule has 0 aliphatic rings. The second-order valence-corrected chi connectivity index (χ2v) is 7.72. The van der Waals surface area contributed by atoms with Gasteiger partial charge in [0.05, 0.1) is 17.7 Å². The van der Waals surface area contributed by atoms with Gasteiger partial charge in [-0.15, -0.1) is 0 Å². The van der Waals surface area contributed by atoms with Crippen LogP contribution in [0.1, 0.15) is 16.8 Å². The van der Waals surface area contributed by atoms with Gasteiger partial charge in [-0.05, 0) is 43.2 Å². The molecule has 1 N–H and O–H groups in total. The summed E-state index contributed by atoms with van der Waals surface area (Å²) in [7, 11) is -2.09. The maximum Gasteiger partial charge on any atom is 0.241 e. The highest BCUT2D eigenvalue weighted by molar-refractivity contribution is 7.89. The Morgan fingerprint density at radius 3 is 2.42 bits per heavy atom. The third-order valence-corrected chi connectivity index (χ3v) is 5.56. The first-order valence-corrected chi connectivity index (χ1v) is 9.54. The van der Waals surface area contributed by atoms with Crippen LogP contribution in [-0.4, -0.2) is 20.7 Å². The normalized spacial score (nSPS) is 11.5. The Kier molecular flexibility index (Phi) is 5.11. The van der Waals surface area contributed by atoms with E-state index in [4.69, 9.17) is 9.26 Å². The van der Waals surface area contributed by atoms with Crippen molar-refractivity contribution in [2.75, 3.05) is 7.11 Å². The largest absolute Gasteiger partial charge is 0.497 e. The molecule has 3 aromatic rings. The fourth-order valence-corrected chi connectivity index (χ4v) is 3.83. The van der Waals surface area contributed by atoms with Crippen LogP contribution in [-0.2, 0) is 16.6 Å². The average molecular weight is 372 g/mol. The minimum absolute atomic E-state index is 0.192. The number of rotatable bonds is 6. The summed E-state index contributed by atoms with van der Waals surface area (Å²) in [5.74, 6) is 1.26. The number of sulfonamides is 1. The maximum atomic E-state index is 12.8. The molecule has 0 atom stereocenters. The van der Waals surface area contributed by atoms with Gasteiger partial charge in [0.1, 0.15) is 5.75 Å². The second kappa shape index (κ2) is 7.31. The lowest BCUT2D eigenvalue weighted by Crippen LogP contribution is -2.24. The summed E-state index contributed by atoms with van der Waals surface area (Å²) < 4.78 is 38.5. The molecule has 0 spiro atoms. The monoisotopic (exact) mass is 372 g/mol. The molecule has 26 heavy (non-hydrogen) atoms. The number of ether oxygens (including phenoxy) is 1. The van der Waals surface area contributed by atoms with Gasteiger partial charge in [-0.25, -0.2) is 13.1 Å². The summed E-state index contributed by atoms with van der Waals surface area (Å²) in [6.45, 7) is 3.77. The van der Waals surface area contributed by atoms with Gasteiger partial charge in [0, 0.05) is 18.2 Å². The zero-order chi connectivity index (χ0) is 18.7. The van der Waals surface area contributed by atoms with Gasteiger partial charge >= 0.3 is 0 Å². The predicted molar refractivity (Wildman–Crippen MR) is 98.4 cm³/mol. The third kappa shape index (κ3) is 3.95. The molecule has 1 heterocycles. The van der Waals surface area contributed by atoms with Gasteiger partial charge in [0.25, 0.3) is 0 Å². The third-order valence-electron chi connectivity index (χ3n) is 4.02. The van der Waals surface area contributed by atoms with Crippen molar-refractivity contribution in [1.29, 1.82) is 0 Å². The summed E-state index contributed by atoms with van der Waals surface area (Å²) >= 11 is 0. The van der Waals surface area contributed by atoms with Crippen molar-refractivity contribution < 1.29 is 17.7 Å². The minimum Gasteiger partial charge on any atom is -0.497 e. The van der Waals surface area contributed by atoms with Crippen molar-refractivity contribution in [1.82, 2.24) is 9.88 Å². The van der Waals surface area contributed by atoms with Crippen molar-refractivity contribution in [2.45, 2.75) is 25.3 Å². The first kappa shape index (κ1) is 18.2. The van der Waals surface area contributed by atoms with Crippen LogP contribution in [0.5, 0.6) is 5.75 Å². The molecule has 0 aliphatic heterocycles. The highest BCUT2D eigenvalue weighted by Crippen LogP contribution is 2.26. The number of aromatic nitrogens is 1. The Hall–Kier alpha value is -2.64. The molecule has 0 aliphatic carbocycles. The molecule has 6 nitrogen and oxygen atoms in total. The number of nitrogens with zero attached hydrogens (tertiary/aromatic N) is 1. The van der Waals surface area contributed by atoms with Crippen LogP contribution in [0.2, 0.25) is 0 Å². The molecule has 2 aromatic carbocycles. The van der Waals surface area contributed by atoms with E-state index in [1.165, 1.54) is 0 Å². The van der Waals surface area contributed by atoms with Crippen molar-refractivity contribution in [3.05, 3.63) is 65.4 Å². The predicted octanol–water partition coefficient (Wildman–Crippen LogP) is 3.45. The maximum absolute atomic E-state index is 12.8. The molecule has 0 saturated heterocycles. The highest BCUT2D eigenvalue weighted by atomic mass is 32.2. The smallest absolute Gasteiger partial charge is 0.241 e. The molecule has 0 amide bonds. The number of hydrogen-bond acceptors (Lipinski definition) is 5. The summed E-state index contributed by atoms with van der Waals surface area (Å²) in [4.78, 5) is 0.220. The summed E-state index contributed by atoms with van der Waals surface area (Å²) in [5.41, 5.74) is 2.91. The van der Waals surface area contributed by atoms with Gasteiger partial charge in [-0.1, -0.05) is 29.4 Å². The Labute approximate surface area is 152 Å². The molecule has 7 heteroatoms. The lowest BCUT2D eigenvalue weighted by Gasteiger charge is -2.11. The van der Waals surface area contributed by atoms with Gasteiger partial charge in [0.15, 0.2) is 5.76 Å². The van der Waals surface area contributed by atoms with E-state index < -0.39 is 10.0 Å². The summed E-state index contributed by atoms with van der Waals surface area (Å²) in [6.07, 6.45) is 0. The standard InChI is InChI=1S/C19H20N2O4S/c1-13-4-7-16(18-10-14(2)21-25-18)11-19(13)26(22,23)20-12-15-5-8-17(24-3)9-6-15/h4-11,20H,12H2,1-3H3. The molecule has 136 valence electrons. The Morgan fingerprint density at radius 1 is 1.08 bits per heavy atom. The fraction of sp³-hybridized carbons (Fsp3) is 0.211. The number of hydrogen-bond donors (Lipinski definition) is 1. The zero-order valence-corrected chi connectivity index (χ0v) is 15.6. The van der Waals surface area contributed by atoms with Crippen molar-refractivity contribution in [2.24, 2.45) is 0 Å². The van der Waals surface area contributed by atoms with Crippen LogP contribution >= 0.6 is 0 Å². The molecular weight excluding hydrogens is 352 g/mol. The van der Waals surface area contributed by atoms with E-state index in [-0.39, 0.29) is 11.4 Å². The molecule has 0 bridgehead atoms. The molecule has 3 rings (SSSR count).